The Labute approximate surface area is 168 Å². The number of carbonyl (C=O) groups excluding carboxylic acids is 1. The highest BCUT2D eigenvalue weighted by molar-refractivity contribution is 6.00. The van der Waals surface area contributed by atoms with E-state index in [9.17, 15) is 9.18 Å². The van der Waals surface area contributed by atoms with E-state index < -0.39 is 0 Å². The highest BCUT2D eigenvalue weighted by atomic mass is 19.1. The molecule has 1 aromatic heterocycles. The Bertz CT molecular complexity index is 1050. The summed E-state index contributed by atoms with van der Waals surface area (Å²) in [4.78, 5) is 14.9. The van der Waals surface area contributed by atoms with Crippen molar-refractivity contribution in [1.29, 1.82) is 0 Å². The minimum Gasteiger partial charge on any atom is -0.497 e. The Morgan fingerprint density at radius 2 is 1.90 bits per heavy atom. The van der Waals surface area contributed by atoms with Crippen LogP contribution < -0.4 is 9.47 Å². The molecule has 1 amide bonds. The lowest BCUT2D eigenvalue weighted by Crippen LogP contribution is -2.30. The second-order valence-corrected chi connectivity index (χ2v) is 6.88. The van der Waals surface area contributed by atoms with E-state index in [0.29, 0.717) is 29.4 Å². The van der Waals surface area contributed by atoms with Crippen LogP contribution in [-0.2, 0) is 0 Å². The standard InChI is InChI=1S/C22H22FN3O3/c1-4-11-26-21(16-10-9-15(28-2)12-17(16)29-3)18-19(24-25-20(18)22(26)27)13-5-7-14(23)8-6-13/h5-10,12,21H,4,11H2,1-3H3,(H,24,25)/t21-/m1/s1. The van der Waals surface area contributed by atoms with Gasteiger partial charge in [-0.05, 0) is 42.8 Å². The maximum atomic E-state index is 13.4. The molecular formula is C22H22FN3O3. The number of hydrogen-bond donors (Lipinski definition) is 1. The average Bonchev–Trinajstić information content (AvgIpc) is 3.28. The second-order valence-electron chi connectivity index (χ2n) is 6.88. The van der Waals surface area contributed by atoms with Crippen molar-refractivity contribution in [2.45, 2.75) is 19.4 Å². The zero-order valence-electron chi connectivity index (χ0n) is 16.5. The number of aromatic amines is 1. The summed E-state index contributed by atoms with van der Waals surface area (Å²) < 4.78 is 24.4. The number of fused-ring (bicyclic) bond motifs is 1. The van der Waals surface area contributed by atoms with Crippen molar-refractivity contribution in [2.75, 3.05) is 20.8 Å². The molecule has 1 aliphatic rings. The molecule has 0 saturated heterocycles. The van der Waals surface area contributed by atoms with Gasteiger partial charge in [0, 0.05) is 29.3 Å². The van der Waals surface area contributed by atoms with Gasteiger partial charge >= 0.3 is 0 Å². The molecular weight excluding hydrogens is 373 g/mol. The molecule has 29 heavy (non-hydrogen) atoms. The van der Waals surface area contributed by atoms with Gasteiger partial charge in [-0.25, -0.2) is 4.39 Å². The maximum absolute atomic E-state index is 13.4. The summed E-state index contributed by atoms with van der Waals surface area (Å²) in [5, 5.41) is 7.28. The number of ether oxygens (including phenoxy) is 2. The summed E-state index contributed by atoms with van der Waals surface area (Å²) in [6.45, 7) is 2.62. The normalized spacial score (nSPS) is 15.5. The summed E-state index contributed by atoms with van der Waals surface area (Å²) in [6.07, 6.45) is 0.810. The van der Waals surface area contributed by atoms with Gasteiger partial charge in [0.25, 0.3) is 5.91 Å². The molecule has 2 aromatic carbocycles. The lowest BCUT2D eigenvalue weighted by molar-refractivity contribution is 0.0742. The number of nitrogens with zero attached hydrogens (tertiary/aromatic N) is 2. The van der Waals surface area contributed by atoms with Crippen molar-refractivity contribution in [1.82, 2.24) is 15.1 Å². The summed E-state index contributed by atoms with van der Waals surface area (Å²) in [6, 6.07) is 11.3. The highest BCUT2D eigenvalue weighted by Gasteiger charge is 2.42. The van der Waals surface area contributed by atoms with Gasteiger partial charge in [0.15, 0.2) is 0 Å². The minimum absolute atomic E-state index is 0.106. The van der Waals surface area contributed by atoms with E-state index in [0.717, 1.165) is 23.1 Å². The van der Waals surface area contributed by atoms with E-state index in [-0.39, 0.29) is 17.8 Å². The predicted octanol–water partition coefficient (Wildman–Crippen LogP) is 4.19. The largest absolute Gasteiger partial charge is 0.497 e. The van der Waals surface area contributed by atoms with Crippen LogP contribution in [0.5, 0.6) is 11.5 Å². The molecule has 6 nitrogen and oxygen atoms in total. The molecule has 3 aromatic rings. The molecule has 0 unspecified atom stereocenters. The second kappa shape index (κ2) is 7.58. The quantitative estimate of drug-likeness (QED) is 0.680. The van der Waals surface area contributed by atoms with Gasteiger partial charge < -0.3 is 14.4 Å². The number of benzene rings is 2. The zero-order valence-corrected chi connectivity index (χ0v) is 16.5. The number of rotatable bonds is 6. The monoisotopic (exact) mass is 395 g/mol. The molecule has 7 heteroatoms. The Morgan fingerprint density at radius 1 is 1.14 bits per heavy atom. The molecule has 2 heterocycles. The number of aromatic nitrogens is 2. The first-order chi connectivity index (χ1) is 14.1. The van der Waals surface area contributed by atoms with Crippen LogP contribution in [0.2, 0.25) is 0 Å². The first-order valence-electron chi connectivity index (χ1n) is 9.46. The number of methoxy groups -OCH3 is 2. The van der Waals surface area contributed by atoms with E-state index in [2.05, 4.69) is 10.2 Å². The first-order valence-corrected chi connectivity index (χ1v) is 9.46. The lowest BCUT2D eigenvalue weighted by Gasteiger charge is -2.27. The fraction of sp³-hybridized carbons (Fsp3) is 0.273. The molecule has 0 spiro atoms. The predicted molar refractivity (Wildman–Crippen MR) is 107 cm³/mol. The van der Waals surface area contributed by atoms with Crippen molar-refractivity contribution in [3.8, 4) is 22.8 Å². The van der Waals surface area contributed by atoms with Crippen LogP contribution in [0.25, 0.3) is 11.3 Å². The Hall–Kier alpha value is -3.35. The summed E-state index contributed by atoms with van der Waals surface area (Å²) >= 11 is 0. The minimum atomic E-state index is -0.364. The van der Waals surface area contributed by atoms with Crippen LogP contribution in [0.3, 0.4) is 0 Å². The van der Waals surface area contributed by atoms with Gasteiger partial charge in [-0.1, -0.05) is 6.92 Å². The number of amides is 1. The zero-order chi connectivity index (χ0) is 20.5. The molecule has 150 valence electrons. The Morgan fingerprint density at radius 3 is 2.55 bits per heavy atom. The topological polar surface area (TPSA) is 67.5 Å². The molecule has 1 N–H and O–H groups in total. The van der Waals surface area contributed by atoms with E-state index in [1.807, 2.05) is 24.0 Å². The van der Waals surface area contributed by atoms with Crippen LogP contribution >= 0.6 is 0 Å². The van der Waals surface area contributed by atoms with E-state index >= 15 is 0 Å². The molecule has 0 bridgehead atoms. The van der Waals surface area contributed by atoms with Crippen LogP contribution in [0, 0.1) is 5.82 Å². The number of hydrogen-bond acceptors (Lipinski definition) is 4. The Kier molecular flexibility index (Phi) is 4.96. The van der Waals surface area contributed by atoms with E-state index in [1.165, 1.54) is 12.1 Å². The summed E-state index contributed by atoms with van der Waals surface area (Å²) in [7, 11) is 3.19. The van der Waals surface area contributed by atoms with Gasteiger partial charge in [-0.3, -0.25) is 9.89 Å². The molecule has 1 aliphatic heterocycles. The van der Waals surface area contributed by atoms with Crippen LogP contribution in [0.1, 0.15) is 41.0 Å². The highest BCUT2D eigenvalue weighted by Crippen LogP contribution is 2.46. The van der Waals surface area contributed by atoms with Crippen molar-refractivity contribution in [2.24, 2.45) is 0 Å². The van der Waals surface area contributed by atoms with Gasteiger partial charge in [0.05, 0.1) is 26.0 Å². The van der Waals surface area contributed by atoms with Gasteiger partial charge in [-0.15, -0.1) is 0 Å². The van der Waals surface area contributed by atoms with Crippen molar-refractivity contribution >= 4 is 5.91 Å². The number of H-pyrrole nitrogens is 1. The smallest absolute Gasteiger partial charge is 0.273 e. The molecule has 0 aliphatic carbocycles. The maximum Gasteiger partial charge on any atom is 0.273 e. The third-order valence-corrected chi connectivity index (χ3v) is 5.18. The third kappa shape index (κ3) is 3.12. The SMILES string of the molecule is CCCN1C(=O)c2[nH]nc(-c3ccc(F)cc3)c2[C@H]1c1ccc(OC)cc1OC. The third-order valence-electron chi connectivity index (χ3n) is 5.18. The lowest BCUT2D eigenvalue weighted by atomic mass is 9.95. The molecule has 0 saturated carbocycles. The summed E-state index contributed by atoms with van der Waals surface area (Å²) in [5.74, 6) is 0.870. The van der Waals surface area contributed by atoms with Crippen molar-refractivity contribution in [3.63, 3.8) is 0 Å². The number of carbonyl (C=O) groups is 1. The fourth-order valence-electron chi connectivity index (χ4n) is 3.86. The first kappa shape index (κ1) is 19.0. The molecule has 0 fully saturated rings. The van der Waals surface area contributed by atoms with E-state index in [4.69, 9.17) is 9.47 Å². The number of halogens is 1. The molecule has 4 rings (SSSR count). The van der Waals surface area contributed by atoms with Crippen molar-refractivity contribution < 1.29 is 18.7 Å². The molecule has 0 radical (unpaired) electrons. The van der Waals surface area contributed by atoms with Gasteiger partial charge in [0.2, 0.25) is 0 Å². The van der Waals surface area contributed by atoms with Crippen molar-refractivity contribution in [3.05, 3.63) is 65.1 Å². The van der Waals surface area contributed by atoms with Crippen LogP contribution in [0.15, 0.2) is 42.5 Å². The van der Waals surface area contributed by atoms with E-state index in [1.54, 1.807) is 32.4 Å². The van der Waals surface area contributed by atoms with Crippen LogP contribution in [-0.4, -0.2) is 41.8 Å². The molecule has 1 atom stereocenters. The Balaban J connectivity index is 1.91. The fourth-order valence-corrected chi connectivity index (χ4v) is 3.86. The van der Waals surface area contributed by atoms with Gasteiger partial charge in [0.1, 0.15) is 23.0 Å². The summed E-state index contributed by atoms with van der Waals surface area (Å²) in [5.41, 5.74) is 3.46. The number of nitrogens with one attached hydrogen (secondary N) is 1. The average molecular weight is 395 g/mol. The van der Waals surface area contributed by atoms with Gasteiger partial charge in [-0.2, -0.15) is 5.10 Å². The van der Waals surface area contributed by atoms with Crippen LogP contribution in [0.4, 0.5) is 4.39 Å².